The highest BCUT2D eigenvalue weighted by Gasteiger charge is 2.30. The standard InChI is InChI=1S/C24H34N2O4S/c1-15-9-18-19(13-26-12-15)22-16(10-20(25)23(27)30-14-24(2,3)4)7-6-8-17(22)11-21(18)31(5,28)29/h9,11,13,16,23,25,27H,6-8,10,12,14H2,1-5H3. The number of nitrogens with one attached hydrogen (secondary N) is 1. The Labute approximate surface area is 185 Å². The number of aliphatic hydroxyl groups is 1. The average Bonchev–Trinajstić information content (AvgIpc) is 2.85. The first-order valence-corrected chi connectivity index (χ1v) is 12.7. The summed E-state index contributed by atoms with van der Waals surface area (Å²) in [5.74, 6) is 0.0183. The van der Waals surface area contributed by atoms with Crippen LogP contribution in [-0.2, 0) is 21.0 Å². The van der Waals surface area contributed by atoms with Gasteiger partial charge < -0.3 is 15.3 Å². The van der Waals surface area contributed by atoms with Crippen molar-refractivity contribution >= 4 is 27.8 Å². The molecule has 170 valence electrons. The maximum atomic E-state index is 12.6. The van der Waals surface area contributed by atoms with Gasteiger partial charge in [0.2, 0.25) is 0 Å². The molecular weight excluding hydrogens is 412 g/mol. The van der Waals surface area contributed by atoms with E-state index in [0.717, 1.165) is 41.5 Å². The summed E-state index contributed by atoms with van der Waals surface area (Å²) in [6, 6.07) is 1.81. The van der Waals surface area contributed by atoms with Crippen LogP contribution >= 0.6 is 0 Å². The molecule has 0 amide bonds. The molecule has 2 atom stereocenters. The number of aryl methyl sites for hydroxylation is 1. The van der Waals surface area contributed by atoms with Gasteiger partial charge in [-0.1, -0.05) is 32.4 Å². The summed E-state index contributed by atoms with van der Waals surface area (Å²) in [7, 11) is -3.40. The Morgan fingerprint density at radius 1 is 1.35 bits per heavy atom. The van der Waals surface area contributed by atoms with Gasteiger partial charge in [0.15, 0.2) is 16.1 Å². The van der Waals surface area contributed by atoms with E-state index in [1.54, 1.807) is 6.21 Å². The van der Waals surface area contributed by atoms with Crippen molar-refractivity contribution in [1.82, 2.24) is 0 Å². The molecule has 3 rings (SSSR count). The predicted octanol–water partition coefficient (Wildman–Crippen LogP) is 4.14. The zero-order chi connectivity index (χ0) is 23.0. The van der Waals surface area contributed by atoms with Crippen LogP contribution in [0.5, 0.6) is 0 Å². The first-order chi connectivity index (χ1) is 14.4. The third-order valence-corrected chi connectivity index (χ3v) is 6.83. The summed E-state index contributed by atoms with van der Waals surface area (Å²) in [6.45, 7) is 8.90. The Kier molecular flexibility index (Phi) is 6.89. The SMILES string of the molecule is CC1=Cc2c(S(C)(=O)=O)cc3c(c2C=NC1)C(CC(=N)C(O)OCC(C)(C)C)CCC3. The number of benzene rings is 1. The van der Waals surface area contributed by atoms with E-state index in [9.17, 15) is 13.5 Å². The van der Waals surface area contributed by atoms with Crippen LogP contribution in [-0.4, -0.2) is 51.1 Å². The van der Waals surface area contributed by atoms with E-state index in [4.69, 9.17) is 10.1 Å². The second kappa shape index (κ2) is 8.96. The number of hydrogen-bond donors (Lipinski definition) is 2. The van der Waals surface area contributed by atoms with E-state index < -0.39 is 16.1 Å². The lowest BCUT2D eigenvalue weighted by Gasteiger charge is -2.30. The van der Waals surface area contributed by atoms with Gasteiger partial charge in [0.1, 0.15) is 0 Å². The number of rotatable bonds is 6. The topological polar surface area (TPSA) is 99.8 Å². The Morgan fingerprint density at radius 3 is 2.71 bits per heavy atom. The van der Waals surface area contributed by atoms with Crippen LogP contribution in [0.3, 0.4) is 0 Å². The first kappa shape index (κ1) is 23.8. The summed E-state index contributed by atoms with van der Waals surface area (Å²) in [5.41, 5.74) is 4.68. The van der Waals surface area contributed by atoms with E-state index in [1.165, 1.54) is 6.26 Å². The summed E-state index contributed by atoms with van der Waals surface area (Å²) in [4.78, 5) is 4.86. The Hall–Kier alpha value is -1.83. The molecule has 6 nitrogen and oxygen atoms in total. The van der Waals surface area contributed by atoms with Crippen molar-refractivity contribution in [2.24, 2.45) is 10.4 Å². The van der Waals surface area contributed by atoms with Crippen LogP contribution in [0.15, 0.2) is 21.5 Å². The van der Waals surface area contributed by atoms with Gasteiger partial charge in [-0.3, -0.25) is 4.99 Å². The molecule has 31 heavy (non-hydrogen) atoms. The summed E-state index contributed by atoms with van der Waals surface area (Å²) >= 11 is 0. The van der Waals surface area contributed by atoms with E-state index in [-0.39, 0.29) is 17.0 Å². The van der Waals surface area contributed by atoms with Crippen LogP contribution in [0.1, 0.15) is 75.1 Å². The van der Waals surface area contributed by atoms with E-state index in [1.807, 2.05) is 39.8 Å². The van der Waals surface area contributed by atoms with Crippen molar-refractivity contribution < 1.29 is 18.3 Å². The molecule has 0 radical (unpaired) electrons. The molecule has 0 fully saturated rings. The fourth-order valence-electron chi connectivity index (χ4n) is 4.30. The minimum atomic E-state index is -3.40. The summed E-state index contributed by atoms with van der Waals surface area (Å²) in [6.07, 6.45) is 6.71. The molecule has 2 aliphatic rings. The monoisotopic (exact) mass is 446 g/mol. The maximum Gasteiger partial charge on any atom is 0.193 e. The highest BCUT2D eigenvalue weighted by molar-refractivity contribution is 7.90. The van der Waals surface area contributed by atoms with Gasteiger partial charge in [-0.25, -0.2) is 8.42 Å². The average molecular weight is 447 g/mol. The molecule has 1 aromatic rings. The molecule has 0 saturated heterocycles. The Morgan fingerprint density at radius 2 is 2.06 bits per heavy atom. The van der Waals surface area contributed by atoms with Gasteiger partial charge in [-0.15, -0.1) is 0 Å². The normalized spacial score (nSPS) is 19.8. The number of aliphatic hydroxyl groups excluding tert-OH is 1. The molecule has 2 N–H and O–H groups in total. The fraction of sp³-hybridized carbons (Fsp3) is 0.583. The van der Waals surface area contributed by atoms with Crippen molar-refractivity contribution in [3.63, 3.8) is 0 Å². The fourth-order valence-corrected chi connectivity index (χ4v) is 5.23. The molecule has 0 saturated carbocycles. The van der Waals surface area contributed by atoms with Gasteiger partial charge in [0, 0.05) is 23.6 Å². The number of sulfone groups is 1. The van der Waals surface area contributed by atoms with Crippen molar-refractivity contribution in [2.75, 3.05) is 19.4 Å². The van der Waals surface area contributed by atoms with Crippen molar-refractivity contribution in [3.8, 4) is 0 Å². The van der Waals surface area contributed by atoms with Gasteiger partial charge >= 0.3 is 0 Å². The van der Waals surface area contributed by atoms with Gasteiger partial charge in [-0.05, 0) is 61.1 Å². The molecule has 2 unspecified atom stereocenters. The smallest absolute Gasteiger partial charge is 0.193 e. The number of ether oxygens (including phenoxy) is 1. The van der Waals surface area contributed by atoms with Crippen molar-refractivity contribution in [2.45, 2.75) is 70.5 Å². The first-order valence-electron chi connectivity index (χ1n) is 10.8. The minimum absolute atomic E-state index is 0.0183. The zero-order valence-corrected chi connectivity index (χ0v) is 20.0. The largest absolute Gasteiger partial charge is 0.363 e. The molecule has 1 heterocycles. The summed E-state index contributed by atoms with van der Waals surface area (Å²) < 4.78 is 30.6. The molecule has 7 heteroatoms. The van der Waals surface area contributed by atoms with Crippen LogP contribution < -0.4 is 0 Å². The van der Waals surface area contributed by atoms with E-state index >= 15 is 0 Å². The number of fused-ring (bicyclic) bond motifs is 3. The Bertz CT molecular complexity index is 1030. The molecule has 1 aliphatic heterocycles. The number of hydrogen-bond acceptors (Lipinski definition) is 6. The molecule has 0 aromatic heterocycles. The lowest BCUT2D eigenvalue weighted by atomic mass is 9.76. The van der Waals surface area contributed by atoms with Crippen molar-refractivity contribution in [1.29, 1.82) is 5.41 Å². The van der Waals surface area contributed by atoms with Crippen LogP contribution in [0.25, 0.3) is 6.08 Å². The third kappa shape index (κ3) is 5.70. The Balaban J connectivity index is 2.00. The molecular formula is C24H34N2O4S. The second-order valence-corrected chi connectivity index (χ2v) is 12.0. The predicted molar refractivity (Wildman–Crippen MR) is 125 cm³/mol. The summed E-state index contributed by atoms with van der Waals surface area (Å²) in [5, 5.41) is 18.8. The van der Waals surface area contributed by atoms with E-state index in [0.29, 0.717) is 30.0 Å². The van der Waals surface area contributed by atoms with Gasteiger partial charge in [-0.2, -0.15) is 0 Å². The number of nitrogens with zero attached hydrogens (tertiary/aromatic N) is 1. The zero-order valence-electron chi connectivity index (χ0n) is 19.2. The van der Waals surface area contributed by atoms with Gasteiger partial charge in [0.25, 0.3) is 0 Å². The maximum absolute atomic E-state index is 12.6. The van der Waals surface area contributed by atoms with Crippen LogP contribution in [0.2, 0.25) is 0 Å². The van der Waals surface area contributed by atoms with Gasteiger partial charge in [0.05, 0.1) is 23.8 Å². The number of aliphatic imine (C=N–C) groups is 1. The van der Waals surface area contributed by atoms with Crippen molar-refractivity contribution in [3.05, 3.63) is 33.9 Å². The lowest BCUT2D eigenvalue weighted by Crippen LogP contribution is -2.30. The second-order valence-electron chi connectivity index (χ2n) is 10.1. The van der Waals surface area contributed by atoms with Crippen LogP contribution in [0, 0.1) is 10.8 Å². The van der Waals surface area contributed by atoms with Crippen LogP contribution in [0.4, 0.5) is 0 Å². The highest BCUT2D eigenvalue weighted by atomic mass is 32.2. The molecule has 0 spiro atoms. The molecule has 1 aliphatic carbocycles. The highest BCUT2D eigenvalue weighted by Crippen LogP contribution is 2.41. The third-order valence-electron chi connectivity index (χ3n) is 5.69. The lowest BCUT2D eigenvalue weighted by molar-refractivity contribution is -0.0757. The molecule has 0 bridgehead atoms. The van der Waals surface area contributed by atoms with E-state index in [2.05, 4.69) is 4.99 Å². The molecule has 1 aromatic carbocycles. The minimum Gasteiger partial charge on any atom is -0.363 e. The quantitative estimate of drug-likeness (QED) is 0.507.